The molecule has 8 heteroatoms. The molecule has 1 amide bonds. The minimum absolute atomic E-state index is 0.0119. The Morgan fingerprint density at radius 2 is 2.21 bits per heavy atom. The summed E-state index contributed by atoms with van der Waals surface area (Å²) in [6.45, 7) is 3.52. The third-order valence-corrected chi connectivity index (χ3v) is 6.38. The van der Waals surface area contributed by atoms with Crippen LogP contribution in [-0.2, 0) is 11.2 Å². The largest absolute Gasteiger partial charge is 0.355 e. The topological polar surface area (TPSA) is 71.0 Å². The fraction of sp³-hybridized carbons (Fsp3) is 0.333. The van der Waals surface area contributed by atoms with Crippen LogP contribution in [0, 0.1) is 12.8 Å². The van der Waals surface area contributed by atoms with Gasteiger partial charge in [-0.05, 0) is 37.0 Å². The zero-order chi connectivity index (χ0) is 20.2. The van der Waals surface area contributed by atoms with Crippen molar-refractivity contribution in [2.24, 2.45) is 5.92 Å². The SMILES string of the molecule is Cc1ccc(Cc2cnc(NC(=O)[C@@H]3CCCN(c4cnccn4)C3)s2)cc1Cl. The molecule has 0 radical (unpaired) electrons. The van der Waals surface area contributed by atoms with E-state index in [0.717, 1.165) is 52.7 Å². The summed E-state index contributed by atoms with van der Waals surface area (Å²) in [5, 5.41) is 4.40. The molecular weight excluding hydrogens is 406 g/mol. The molecule has 6 nitrogen and oxygen atoms in total. The molecule has 0 saturated carbocycles. The number of rotatable bonds is 5. The molecule has 1 atom stereocenters. The van der Waals surface area contributed by atoms with Crippen molar-refractivity contribution in [1.29, 1.82) is 0 Å². The average molecular weight is 428 g/mol. The lowest BCUT2D eigenvalue weighted by molar-refractivity contribution is -0.120. The van der Waals surface area contributed by atoms with Gasteiger partial charge in [0.2, 0.25) is 5.91 Å². The Hall–Kier alpha value is -2.51. The van der Waals surface area contributed by atoms with Crippen molar-refractivity contribution < 1.29 is 4.79 Å². The van der Waals surface area contributed by atoms with E-state index in [1.165, 1.54) is 11.3 Å². The fourth-order valence-corrected chi connectivity index (χ4v) is 4.51. The van der Waals surface area contributed by atoms with E-state index in [-0.39, 0.29) is 11.8 Å². The Balaban J connectivity index is 1.36. The first-order valence-electron chi connectivity index (χ1n) is 9.60. The first kappa shape index (κ1) is 19.8. The molecular formula is C21H22ClN5OS. The van der Waals surface area contributed by atoms with Crippen molar-refractivity contribution in [2.45, 2.75) is 26.2 Å². The second-order valence-corrected chi connectivity index (χ2v) is 8.75. The van der Waals surface area contributed by atoms with Crippen molar-refractivity contribution in [3.63, 3.8) is 0 Å². The van der Waals surface area contributed by atoms with E-state index in [1.807, 2.05) is 25.3 Å². The van der Waals surface area contributed by atoms with E-state index in [2.05, 4.69) is 31.2 Å². The zero-order valence-corrected chi connectivity index (χ0v) is 17.7. The number of hydrogen-bond acceptors (Lipinski definition) is 6. The quantitative estimate of drug-likeness (QED) is 0.655. The molecule has 4 rings (SSSR count). The highest BCUT2D eigenvalue weighted by Gasteiger charge is 2.27. The molecule has 0 aliphatic carbocycles. The predicted octanol–water partition coefficient (Wildman–Crippen LogP) is 4.34. The zero-order valence-electron chi connectivity index (χ0n) is 16.1. The van der Waals surface area contributed by atoms with Crippen LogP contribution in [0.3, 0.4) is 0 Å². The first-order valence-corrected chi connectivity index (χ1v) is 10.8. The Morgan fingerprint density at radius 1 is 1.31 bits per heavy atom. The smallest absolute Gasteiger partial charge is 0.231 e. The van der Waals surface area contributed by atoms with Crippen molar-refractivity contribution in [1.82, 2.24) is 15.0 Å². The number of halogens is 1. The molecule has 2 aromatic heterocycles. The highest BCUT2D eigenvalue weighted by Crippen LogP contribution is 2.26. The number of carbonyl (C=O) groups is 1. The lowest BCUT2D eigenvalue weighted by Crippen LogP contribution is -2.41. The van der Waals surface area contributed by atoms with Crippen LogP contribution in [0.1, 0.15) is 28.8 Å². The number of anilines is 2. The van der Waals surface area contributed by atoms with E-state index >= 15 is 0 Å². The van der Waals surface area contributed by atoms with Gasteiger partial charge in [0.05, 0.1) is 12.1 Å². The number of benzene rings is 1. The predicted molar refractivity (Wildman–Crippen MR) is 117 cm³/mol. The van der Waals surface area contributed by atoms with Gasteiger partial charge in [-0.3, -0.25) is 9.78 Å². The van der Waals surface area contributed by atoms with E-state index in [0.29, 0.717) is 11.7 Å². The molecule has 1 aliphatic heterocycles. The van der Waals surface area contributed by atoms with Gasteiger partial charge in [0.25, 0.3) is 0 Å². The van der Waals surface area contributed by atoms with Crippen LogP contribution in [0.15, 0.2) is 43.0 Å². The molecule has 0 unspecified atom stereocenters. The van der Waals surface area contributed by atoms with Gasteiger partial charge in [0, 0.05) is 48.0 Å². The second kappa shape index (κ2) is 8.88. The molecule has 3 heterocycles. The maximum Gasteiger partial charge on any atom is 0.231 e. The number of nitrogens with one attached hydrogen (secondary N) is 1. The summed E-state index contributed by atoms with van der Waals surface area (Å²) in [7, 11) is 0. The maximum absolute atomic E-state index is 12.8. The van der Waals surface area contributed by atoms with Gasteiger partial charge in [-0.2, -0.15) is 0 Å². The number of nitrogens with zero attached hydrogens (tertiary/aromatic N) is 4. The summed E-state index contributed by atoms with van der Waals surface area (Å²) in [5.41, 5.74) is 2.20. The number of piperidine rings is 1. The minimum Gasteiger partial charge on any atom is -0.355 e. The van der Waals surface area contributed by atoms with Crippen LogP contribution >= 0.6 is 22.9 Å². The van der Waals surface area contributed by atoms with Crippen LogP contribution in [0.4, 0.5) is 10.9 Å². The fourth-order valence-electron chi connectivity index (χ4n) is 3.46. The molecule has 1 saturated heterocycles. The van der Waals surface area contributed by atoms with Crippen LogP contribution in [-0.4, -0.2) is 33.9 Å². The lowest BCUT2D eigenvalue weighted by Gasteiger charge is -2.32. The van der Waals surface area contributed by atoms with Gasteiger partial charge in [0.15, 0.2) is 5.13 Å². The monoisotopic (exact) mass is 427 g/mol. The Bertz CT molecular complexity index is 994. The van der Waals surface area contributed by atoms with Crippen molar-refractivity contribution >= 4 is 39.8 Å². The molecule has 1 aliphatic rings. The molecule has 0 bridgehead atoms. The highest BCUT2D eigenvalue weighted by molar-refractivity contribution is 7.15. The number of hydrogen-bond donors (Lipinski definition) is 1. The second-order valence-electron chi connectivity index (χ2n) is 7.23. The van der Waals surface area contributed by atoms with Gasteiger partial charge in [-0.15, -0.1) is 11.3 Å². The summed E-state index contributed by atoms with van der Waals surface area (Å²) < 4.78 is 0. The van der Waals surface area contributed by atoms with Crippen LogP contribution in [0.2, 0.25) is 5.02 Å². The van der Waals surface area contributed by atoms with Gasteiger partial charge in [-0.1, -0.05) is 23.7 Å². The minimum atomic E-state index is -0.0889. The van der Waals surface area contributed by atoms with Crippen LogP contribution in [0.5, 0.6) is 0 Å². The van der Waals surface area contributed by atoms with Gasteiger partial charge in [-0.25, -0.2) is 9.97 Å². The summed E-state index contributed by atoms with van der Waals surface area (Å²) >= 11 is 7.72. The normalized spacial score (nSPS) is 16.6. The van der Waals surface area contributed by atoms with Gasteiger partial charge in [0.1, 0.15) is 5.82 Å². The third-order valence-electron chi connectivity index (χ3n) is 5.06. The van der Waals surface area contributed by atoms with E-state index in [1.54, 1.807) is 18.6 Å². The van der Waals surface area contributed by atoms with Crippen molar-refractivity contribution in [3.05, 3.63) is 64.0 Å². The highest BCUT2D eigenvalue weighted by atomic mass is 35.5. The Labute approximate surface area is 179 Å². The standard InChI is InChI=1S/C21H22ClN5OS/c1-14-4-5-15(10-18(14)22)9-17-11-25-21(29-17)26-20(28)16-3-2-8-27(13-16)19-12-23-6-7-24-19/h4-7,10-12,16H,2-3,8-9,13H2,1H3,(H,25,26,28)/t16-/m1/s1. The number of aryl methyl sites for hydroxylation is 1. The van der Waals surface area contributed by atoms with Gasteiger partial charge < -0.3 is 10.2 Å². The molecule has 0 spiro atoms. The number of thiazole rings is 1. The molecule has 1 N–H and O–H groups in total. The number of aromatic nitrogens is 3. The first-order chi connectivity index (χ1) is 14.1. The average Bonchev–Trinajstić information content (AvgIpc) is 3.18. The summed E-state index contributed by atoms with van der Waals surface area (Å²) in [6.07, 6.45) is 9.46. The molecule has 3 aromatic rings. The molecule has 150 valence electrons. The lowest BCUT2D eigenvalue weighted by atomic mass is 9.97. The Kier molecular flexibility index (Phi) is 6.06. The van der Waals surface area contributed by atoms with Crippen molar-refractivity contribution in [2.75, 3.05) is 23.3 Å². The van der Waals surface area contributed by atoms with E-state index in [9.17, 15) is 4.79 Å². The molecule has 29 heavy (non-hydrogen) atoms. The van der Waals surface area contributed by atoms with Crippen molar-refractivity contribution in [3.8, 4) is 0 Å². The van der Waals surface area contributed by atoms with E-state index < -0.39 is 0 Å². The summed E-state index contributed by atoms with van der Waals surface area (Å²) in [6, 6.07) is 6.08. The molecule has 1 aromatic carbocycles. The molecule has 1 fully saturated rings. The summed E-state index contributed by atoms with van der Waals surface area (Å²) in [5.74, 6) is 0.741. The van der Waals surface area contributed by atoms with Crippen LogP contribution < -0.4 is 10.2 Å². The Morgan fingerprint density at radius 3 is 3.00 bits per heavy atom. The maximum atomic E-state index is 12.8. The third kappa shape index (κ3) is 4.92. The van der Waals surface area contributed by atoms with Gasteiger partial charge >= 0.3 is 0 Å². The number of carbonyl (C=O) groups excluding carboxylic acids is 1. The number of amides is 1. The van der Waals surface area contributed by atoms with E-state index in [4.69, 9.17) is 11.6 Å². The van der Waals surface area contributed by atoms with Crippen LogP contribution in [0.25, 0.3) is 0 Å². The summed E-state index contributed by atoms with van der Waals surface area (Å²) in [4.78, 5) is 28.8.